The standard InChI is InChI=1S/C41H23N5O.Pt/c1-3-7-26(8-4-1)32-23-34-30-13-11-28(21-35(30)41-44-18-20-46(41)39(34)24-33(32)27-9-5-2-6-10-27)47-29-12-14-31-36(22-29)40-43-17-19-45(40)38-15-16-42-25-37(31)38;/h1-20,23-25H;/q-2;+2. The molecule has 10 rings (SSSR count). The van der Waals surface area contributed by atoms with E-state index in [1.807, 2.05) is 43.0 Å². The molecule has 5 aromatic heterocycles. The zero-order valence-electron chi connectivity index (χ0n) is 25.2. The molecule has 48 heavy (non-hydrogen) atoms. The average Bonchev–Trinajstić information content (AvgIpc) is 3.84. The normalized spacial score (nSPS) is 11.6. The Hall–Kier alpha value is -5.84. The largest absolute Gasteiger partial charge is 2.00 e. The number of pyridine rings is 3. The van der Waals surface area contributed by atoms with Crippen molar-refractivity contribution in [3.05, 3.63) is 152 Å². The predicted molar refractivity (Wildman–Crippen MR) is 187 cm³/mol. The van der Waals surface area contributed by atoms with Crippen molar-refractivity contribution in [3.63, 3.8) is 0 Å². The van der Waals surface area contributed by atoms with Gasteiger partial charge in [-0.2, -0.15) is 0 Å². The van der Waals surface area contributed by atoms with Crippen molar-refractivity contribution in [2.24, 2.45) is 0 Å². The van der Waals surface area contributed by atoms with E-state index >= 15 is 0 Å². The Balaban J connectivity index is 0.00000314. The molecular formula is C41H23N5OPt. The quantitative estimate of drug-likeness (QED) is 0.132. The van der Waals surface area contributed by atoms with Crippen LogP contribution in [-0.2, 0) is 21.1 Å². The van der Waals surface area contributed by atoms with Gasteiger partial charge in [-0.15, -0.1) is 12.1 Å². The Morgan fingerprint density at radius 3 is 1.71 bits per heavy atom. The van der Waals surface area contributed by atoms with Crippen LogP contribution in [0.3, 0.4) is 0 Å². The number of rotatable bonds is 4. The van der Waals surface area contributed by atoms with Crippen molar-refractivity contribution in [1.29, 1.82) is 0 Å². The maximum absolute atomic E-state index is 6.44. The van der Waals surface area contributed by atoms with Crippen molar-refractivity contribution in [2.45, 2.75) is 0 Å². The van der Waals surface area contributed by atoms with Gasteiger partial charge in [-0.05, 0) is 45.2 Å². The van der Waals surface area contributed by atoms with Gasteiger partial charge in [0.15, 0.2) is 0 Å². The van der Waals surface area contributed by atoms with Crippen molar-refractivity contribution in [2.75, 3.05) is 0 Å². The Labute approximate surface area is 289 Å². The SMILES string of the molecule is [Pt+2].[c-]1c(Oc2[c-]c3c(cc2)c2cc(-c4ccccc4)c(-c4ccccc4)cc2n2ccnc32)ccc2c1c1nccn1c1ccncc21. The number of nitrogens with zero attached hydrogens (tertiary/aromatic N) is 5. The summed E-state index contributed by atoms with van der Waals surface area (Å²) in [6.07, 6.45) is 11.3. The molecule has 0 N–H and O–H groups in total. The van der Waals surface area contributed by atoms with Gasteiger partial charge in [-0.1, -0.05) is 113 Å². The first-order valence-corrected chi connectivity index (χ1v) is 15.4. The zero-order chi connectivity index (χ0) is 30.9. The molecular weight excluding hydrogens is 774 g/mol. The van der Waals surface area contributed by atoms with Gasteiger partial charge >= 0.3 is 21.1 Å². The van der Waals surface area contributed by atoms with E-state index in [-0.39, 0.29) is 21.1 Å². The number of ether oxygens (including phenoxy) is 1. The summed E-state index contributed by atoms with van der Waals surface area (Å²) in [4.78, 5) is 13.8. The second-order valence-corrected chi connectivity index (χ2v) is 11.6. The van der Waals surface area contributed by atoms with Crippen LogP contribution in [0.25, 0.3) is 76.9 Å². The van der Waals surface area contributed by atoms with Crippen molar-refractivity contribution < 1.29 is 25.8 Å². The van der Waals surface area contributed by atoms with Crippen LogP contribution in [0.5, 0.6) is 11.5 Å². The molecule has 0 bridgehead atoms. The molecule has 0 saturated carbocycles. The maximum Gasteiger partial charge on any atom is 2.00 e. The molecule has 0 aliphatic carbocycles. The molecule has 0 spiro atoms. The Kier molecular flexibility index (Phi) is 6.59. The maximum atomic E-state index is 6.44. The monoisotopic (exact) mass is 796 g/mol. The van der Waals surface area contributed by atoms with Crippen LogP contribution in [0.15, 0.2) is 140 Å². The average molecular weight is 797 g/mol. The second kappa shape index (κ2) is 11.1. The minimum absolute atomic E-state index is 0. The van der Waals surface area contributed by atoms with Crippen LogP contribution in [0.1, 0.15) is 0 Å². The minimum atomic E-state index is 0. The third-order valence-electron chi connectivity index (χ3n) is 8.99. The third kappa shape index (κ3) is 4.34. The number of hydrogen-bond acceptors (Lipinski definition) is 4. The summed E-state index contributed by atoms with van der Waals surface area (Å²) in [6, 6.07) is 42.8. The molecule has 0 amide bonds. The van der Waals surface area contributed by atoms with Gasteiger partial charge in [0.2, 0.25) is 0 Å². The molecule has 0 unspecified atom stereocenters. The van der Waals surface area contributed by atoms with Crippen LogP contribution in [0.2, 0.25) is 0 Å². The van der Waals surface area contributed by atoms with Crippen LogP contribution < -0.4 is 4.74 Å². The third-order valence-corrected chi connectivity index (χ3v) is 8.99. The molecule has 7 heteroatoms. The van der Waals surface area contributed by atoms with Crippen LogP contribution >= 0.6 is 0 Å². The van der Waals surface area contributed by atoms with E-state index in [2.05, 4.69) is 116 Å². The number of aromatic nitrogens is 5. The number of hydrogen-bond donors (Lipinski definition) is 0. The first-order valence-electron chi connectivity index (χ1n) is 15.4. The summed E-state index contributed by atoms with van der Waals surface area (Å²) >= 11 is 0. The summed E-state index contributed by atoms with van der Waals surface area (Å²) in [6.45, 7) is 0. The number of fused-ring (bicyclic) bond motifs is 12. The van der Waals surface area contributed by atoms with E-state index in [1.54, 1.807) is 12.4 Å². The summed E-state index contributed by atoms with van der Waals surface area (Å²) in [5.41, 5.74) is 8.45. The van der Waals surface area contributed by atoms with Gasteiger partial charge in [-0.25, -0.2) is 0 Å². The first-order chi connectivity index (χ1) is 23.3. The molecule has 0 atom stereocenters. The molecule has 10 aromatic rings. The molecule has 0 aliphatic rings. The van der Waals surface area contributed by atoms with Crippen molar-refractivity contribution >= 4 is 54.6 Å². The van der Waals surface area contributed by atoms with E-state index in [0.29, 0.717) is 11.5 Å². The Morgan fingerprint density at radius 2 is 1.08 bits per heavy atom. The van der Waals surface area contributed by atoms with E-state index in [9.17, 15) is 0 Å². The molecule has 0 fully saturated rings. The summed E-state index contributed by atoms with van der Waals surface area (Å²) < 4.78 is 10.7. The van der Waals surface area contributed by atoms with Gasteiger partial charge in [0.1, 0.15) is 0 Å². The van der Waals surface area contributed by atoms with Crippen molar-refractivity contribution in [3.8, 4) is 33.8 Å². The Morgan fingerprint density at radius 1 is 0.521 bits per heavy atom. The van der Waals surface area contributed by atoms with Crippen LogP contribution in [0.4, 0.5) is 0 Å². The van der Waals surface area contributed by atoms with Crippen LogP contribution in [-0.4, -0.2) is 23.8 Å². The molecule has 0 aliphatic heterocycles. The fourth-order valence-corrected chi connectivity index (χ4v) is 6.87. The second-order valence-electron chi connectivity index (χ2n) is 11.6. The first kappa shape index (κ1) is 28.4. The van der Waals surface area contributed by atoms with Gasteiger partial charge in [-0.3, -0.25) is 15.0 Å². The van der Waals surface area contributed by atoms with E-state index < -0.39 is 0 Å². The van der Waals surface area contributed by atoms with Crippen molar-refractivity contribution in [1.82, 2.24) is 23.8 Å². The number of benzene rings is 5. The predicted octanol–water partition coefficient (Wildman–Crippen LogP) is 9.71. The topological polar surface area (TPSA) is 56.7 Å². The minimum Gasteiger partial charge on any atom is -0.497 e. The molecule has 6 nitrogen and oxygen atoms in total. The molecule has 0 radical (unpaired) electrons. The fourth-order valence-electron chi connectivity index (χ4n) is 6.87. The van der Waals surface area contributed by atoms with E-state index in [0.717, 1.165) is 60.2 Å². The summed E-state index contributed by atoms with van der Waals surface area (Å²) in [5, 5.41) is 6.00. The smallest absolute Gasteiger partial charge is 0.497 e. The summed E-state index contributed by atoms with van der Waals surface area (Å²) in [5.74, 6) is 1.17. The zero-order valence-corrected chi connectivity index (χ0v) is 27.5. The molecule has 5 heterocycles. The van der Waals surface area contributed by atoms with Gasteiger partial charge < -0.3 is 13.5 Å². The van der Waals surface area contributed by atoms with E-state index in [4.69, 9.17) is 9.72 Å². The molecule has 5 aromatic carbocycles. The molecule has 228 valence electrons. The van der Waals surface area contributed by atoms with Gasteiger partial charge in [0, 0.05) is 59.7 Å². The molecule has 0 saturated heterocycles. The Bertz CT molecular complexity index is 2830. The fraction of sp³-hybridized carbons (Fsp3) is 0. The van der Waals surface area contributed by atoms with Gasteiger partial charge in [0.05, 0.1) is 11.3 Å². The summed E-state index contributed by atoms with van der Waals surface area (Å²) in [7, 11) is 0. The van der Waals surface area contributed by atoms with Crippen LogP contribution in [0, 0.1) is 12.1 Å². The van der Waals surface area contributed by atoms with Gasteiger partial charge in [0.25, 0.3) is 0 Å². The number of imidazole rings is 2. The van der Waals surface area contributed by atoms with E-state index in [1.165, 1.54) is 16.7 Å².